The number of rotatable bonds is 25. The first kappa shape index (κ1) is 75.6. The second-order valence-corrected chi connectivity index (χ2v) is 33.1. The van der Waals surface area contributed by atoms with E-state index in [1.54, 1.807) is 0 Å². The lowest BCUT2D eigenvalue weighted by Gasteiger charge is -2.40. The van der Waals surface area contributed by atoms with Crippen molar-refractivity contribution in [3.05, 3.63) is 177 Å². The SMILES string of the molecule is CCOCc1c([C@H]2CCC[C@@H](c3ncccc3C)N2C)nc2cccc(N3CCN(C4CC4c4ccc(N5CCN(CCc6ccc(N7CCN(CC)CC7)n7c(COC(C)C)c([C@H]8CCC[C@@H](c9ncccc9C)N8C)nc67)CC5)n5c(COCC)c([C@H]6CCC[C@@H](c7ncccc7C(C)C)N6C)nc45)CC3)n12. The summed E-state index contributed by atoms with van der Waals surface area (Å²) < 4.78 is 27.3. The Hall–Kier alpha value is -7.44. The molecule has 21 nitrogen and oxygen atoms in total. The third kappa shape index (κ3) is 15.0. The fraction of sp³-hybridized carbons (Fsp3) is 0.591. The van der Waals surface area contributed by atoms with Gasteiger partial charge in [0.15, 0.2) is 0 Å². The Balaban J connectivity index is 0.681. The normalized spacial score (nSPS) is 24.2. The van der Waals surface area contributed by atoms with Crippen LogP contribution in [0.1, 0.15) is 240 Å². The standard InChI is InChI=1S/C88H122N18O3/c1-13-98-43-47-101(48-44-98)79-36-34-63(87-93-86(76(105(79)87)58-109-60(6)7)72-30-17-27-68(96(72)11)82-62(9)24-21-40-90-82)38-42-99-45-49-102(50-46-99)80-37-35-65(88-94-85(75(106(80)88)57-108-15-3)71-31-18-28-69(97(71)12)83-64(59(4)5)25-22-41-91-83)66-55-73(66)100-51-53-103(54-52-100)78-33-19-32-77-92-84(74(104(77)78)56-107-14-2)70-29-16-26-67(95(70)10)81-61(8)23-20-39-89-81/h19-25,32-37,39-41,59-60,66-73H,13-18,26-31,38,42-58H2,1-12H3/t66?,67-,68-,69-,70+,71+,72+,73?/m0/s1. The van der Waals surface area contributed by atoms with Crippen LogP contribution in [0.5, 0.6) is 0 Å². The summed E-state index contributed by atoms with van der Waals surface area (Å²) in [5, 5.41) is 0. The molecule has 582 valence electrons. The zero-order chi connectivity index (χ0) is 75.1. The summed E-state index contributed by atoms with van der Waals surface area (Å²) in [5.74, 6) is 4.41. The van der Waals surface area contributed by atoms with Gasteiger partial charge in [-0.15, -0.1) is 0 Å². The van der Waals surface area contributed by atoms with Crippen molar-refractivity contribution in [2.45, 2.75) is 213 Å². The Bertz CT molecular complexity index is 4600. The van der Waals surface area contributed by atoms with Crippen LogP contribution >= 0.6 is 0 Å². The number of nitrogens with zero attached hydrogens (tertiary/aromatic N) is 18. The van der Waals surface area contributed by atoms with Gasteiger partial charge in [-0.05, 0) is 210 Å². The second kappa shape index (κ2) is 33.1. The van der Waals surface area contributed by atoms with Gasteiger partial charge in [0, 0.05) is 134 Å². The van der Waals surface area contributed by atoms with E-state index >= 15 is 0 Å². The van der Waals surface area contributed by atoms with E-state index in [9.17, 15) is 0 Å². The molecule has 0 radical (unpaired) electrons. The minimum atomic E-state index is 0.0802. The molecular formula is C88H122N18O3. The zero-order valence-corrected chi connectivity index (χ0v) is 67.5. The molecule has 0 N–H and O–H groups in total. The first-order valence-electron chi connectivity index (χ1n) is 41.9. The summed E-state index contributed by atoms with van der Waals surface area (Å²) in [5.41, 5.74) is 20.3. The summed E-state index contributed by atoms with van der Waals surface area (Å²) in [6.45, 7) is 36.4. The zero-order valence-electron chi connectivity index (χ0n) is 67.5. The van der Waals surface area contributed by atoms with E-state index < -0.39 is 0 Å². The van der Waals surface area contributed by atoms with Crippen molar-refractivity contribution >= 4 is 34.4 Å². The summed E-state index contributed by atoms with van der Waals surface area (Å²) in [7, 11) is 6.94. The number of hydrogen-bond donors (Lipinski definition) is 0. The number of anilines is 3. The smallest absolute Gasteiger partial charge is 0.142 e. The molecule has 15 heterocycles. The van der Waals surface area contributed by atoms with Crippen LogP contribution < -0.4 is 14.7 Å². The number of hydrogen-bond acceptors (Lipinski definition) is 18. The van der Waals surface area contributed by atoms with E-state index in [4.69, 9.17) is 44.1 Å². The van der Waals surface area contributed by atoms with E-state index in [-0.39, 0.29) is 42.4 Å². The van der Waals surface area contributed by atoms with Gasteiger partial charge in [-0.25, -0.2) is 15.0 Å². The van der Waals surface area contributed by atoms with Gasteiger partial charge in [0.2, 0.25) is 0 Å². The number of pyridine rings is 6. The predicted octanol–water partition coefficient (Wildman–Crippen LogP) is 14.4. The van der Waals surface area contributed by atoms with Gasteiger partial charge in [0.25, 0.3) is 0 Å². The third-order valence-electron chi connectivity index (χ3n) is 26.1. The van der Waals surface area contributed by atoms with Crippen molar-refractivity contribution in [2.75, 3.05) is 141 Å². The summed E-state index contributed by atoms with van der Waals surface area (Å²) in [6.07, 6.45) is 17.8. The van der Waals surface area contributed by atoms with Crippen molar-refractivity contribution < 1.29 is 14.2 Å². The average Bonchev–Trinajstić information content (AvgIpc) is 1.61. The van der Waals surface area contributed by atoms with Gasteiger partial charge in [0.1, 0.15) is 34.4 Å². The first-order valence-corrected chi connectivity index (χ1v) is 41.9. The van der Waals surface area contributed by atoms with Gasteiger partial charge < -0.3 is 33.8 Å². The average molecular weight is 1480 g/mol. The molecule has 8 atom stereocenters. The molecule has 7 aliphatic rings. The Labute approximate surface area is 648 Å². The van der Waals surface area contributed by atoms with Crippen LogP contribution in [-0.4, -0.2) is 211 Å². The first-order chi connectivity index (χ1) is 53.2. The van der Waals surface area contributed by atoms with Crippen molar-refractivity contribution in [1.29, 1.82) is 0 Å². The highest BCUT2D eigenvalue weighted by Crippen LogP contribution is 2.51. The minimum absolute atomic E-state index is 0.0802. The van der Waals surface area contributed by atoms with Crippen LogP contribution in [0.2, 0.25) is 0 Å². The van der Waals surface area contributed by atoms with E-state index in [0.29, 0.717) is 50.9 Å². The molecule has 9 aromatic heterocycles. The van der Waals surface area contributed by atoms with E-state index in [2.05, 4.69) is 220 Å². The van der Waals surface area contributed by atoms with Crippen molar-refractivity contribution in [3.63, 3.8) is 0 Å². The van der Waals surface area contributed by atoms with Crippen LogP contribution in [0.4, 0.5) is 17.5 Å². The molecule has 0 spiro atoms. The molecule has 0 aromatic carbocycles. The van der Waals surface area contributed by atoms with Crippen molar-refractivity contribution in [2.24, 2.45) is 0 Å². The molecule has 21 heteroatoms. The number of piperidine rings is 3. The number of aromatic nitrogens is 9. The number of likely N-dealkylation sites (N-methyl/N-ethyl adjacent to an activating group) is 1. The third-order valence-corrected chi connectivity index (χ3v) is 26.1. The van der Waals surface area contributed by atoms with Gasteiger partial charge in [-0.2, -0.15) is 0 Å². The maximum absolute atomic E-state index is 6.69. The van der Waals surface area contributed by atoms with Crippen LogP contribution in [0.3, 0.4) is 0 Å². The molecular weight excluding hydrogens is 1360 g/mol. The Morgan fingerprint density at radius 3 is 1.46 bits per heavy atom. The quantitative estimate of drug-likeness (QED) is 0.0534. The minimum Gasteiger partial charge on any atom is -0.375 e. The summed E-state index contributed by atoms with van der Waals surface area (Å²) in [4.78, 5) is 56.2. The van der Waals surface area contributed by atoms with E-state index in [0.717, 1.165) is 191 Å². The lowest BCUT2D eigenvalue weighted by atomic mass is 9.88. The molecule has 1 aliphatic carbocycles. The maximum atomic E-state index is 6.69. The van der Waals surface area contributed by atoms with Gasteiger partial charge in [0.05, 0.1) is 113 Å². The number of aryl methyl sites for hydroxylation is 2. The van der Waals surface area contributed by atoms with Gasteiger partial charge >= 0.3 is 0 Å². The van der Waals surface area contributed by atoms with E-state index in [1.165, 1.54) is 85.1 Å². The monoisotopic (exact) mass is 1480 g/mol. The van der Waals surface area contributed by atoms with E-state index in [1.807, 2.05) is 18.6 Å². The fourth-order valence-corrected chi connectivity index (χ4v) is 19.9. The highest BCUT2D eigenvalue weighted by molar-refractivity contribution is 5.64. The van der Waals surface area contributed by atoms with Crippen LogP contribution in [0, 0.1) is 13.8 Å². The molecule has 16 rings (SSSR count). The molecule has 9 aromatic rings. The summed E-state index contributed by atoms with van der Waals surface area (Å²) >= 11 is 0. The highest BCUT2D eigenvalue weighted by Gasteiger charge is 2.47. The topological polar surface area (TPSA) is 147 Å². The number of piperazine rings is 3. The molecule has 6 saturated heterocycles. The van der Waals surface area contributed by atoms with Crippen LogP contribution in [0.15, 0.2) is 97.5 Å². The maximum Gasteiger partial charge on any atom is 0.142 e. The molecule has 109 heavy (non-hydrogen) atoms. The fourth-order valence-electron chi connectivity index (χ4n) is 19.9. The Morgan fingerprint density at radius 2 is 0.917 bits per heavy atom. The van der Waals surface area contributed by atoms with Crippen LogP contribution in [-0.2, 0) is 40.5 Å². The number of ether oxygens (including phenoxy) is 3. The van der Waals surface area contributed by atoms with Crippen LogP contribution in [0.25, 0.3) is 16.9 Å². The lowest BCUT2D eigenvalue weighted by Crippen LogP contribution is -2.48. The second-order valence-electron chi connectivity index (χ2n) is 33.1. The molecule has 6 aliphatic heterocycles. The predicted molar refractivity (Wildman–Crippen MR) is 435 cm³/mol. The lowest BCUT2D eigenvalue weighted by molar-refractivity contribution is 0.0593. The molecule has 0 bridgehead atoms. The number of likely N-dealkylation sites (tertiary alicyclic amines) is 3. The van der Waals surface area contributed by atoms with Crippen molar-refractivity contribution in [3.8, 4) is 0 Å². The largest absolute Gasteiger partial charge is 0.375 e. The highest BCUT2D eigenvalue weighted by atomic mass is 16.5. The molecule has 1 saturated carbocycles. The molecule has 0 amide bonds. The Kier molecular flexibility index (Phi) is 22.9. The molecule has 7 fully saturated rings. The summed E-state index contributed by atoms with van der Waals surface area (Å²) in [6, 6.07) is 30.9. The van der Waals surface area contributed by atoms with Gasteiger partial charge in [-0.1, -0.05) is 57.2 Å². The van der Waals surface area contributed by atoms with Gasteiger partial charge in [-0.3, -0.25) is 52.7 Å². The number of fused-ring (bicyclic) bond motifs is 3. The Morgan fingerprint density at radius 1 is 0.450 bits per heavy atom. The number of imidazole rings is 3. The van der Waals surface area contributed by atoms with Crippen molar-refractivity contribution in [1.82, 2.24) is 72.5 Å². The molecule has 2 unspecified atom stereocenters.